The Bertz CT molecular complexity index is 804. The van der Waals surface area contributed by atoms with Gasteiger partial charge in [-0.2, -0.15) is 0 Å². The lowest BCUT2D eigenvalue weighted by Crippen LogP contribution is -2.78. The van der Waals surface area contributed by atoms with Crippen LogP contribution in [0.15, 0.2) is 12.7 Å². The van der Waals surface area contributed by atoms with Gasteiger partial charge in [0.15, 0.2) is 6.10 Å². The van der Waals surface area contributed by atoms with Crippen molar-refractivity contribution in [1.29, 1.82) is 0 Å². The van der Waals surface area contributed by atoms with Gasteiger partial charge in [0.1, 0.15) is 17.5 Å². The first-order chi connectivity index (χ1) is 14.1. The van der Waals surface area contributed by atoms with Crippen LogP contribution in [0.25, 0.3) is 0 Å². The molecular formula is C24H36O7. The standard InChI is InChI=1S/C24H36O7/c1-9-22(6)12-15(27)18-23(7)16(29-13(2)25)10-11-21(4,5)19(23)17(28)20(30-14(3)26)24(18,8)31-22/h9,16-20,28H,1,10-12H2,2-8H3/t16-,17?,18+,19-,20-,22-,23+,24-/m0/s1. The second kappa shape index (κ2) is 7.41. The summed E-state index contributed by atoms with van der Waals surface area (Å²) >= 11 is 0. The summed E-state index contributed by atoms with van der Waals surface area (Å²) in [5.41, 5.74) is -3.58. The van der Waals surface area contributed by atoms with E-state index in [1.807, 2.05) is 20.8 Å². The summed E-state index contributed by atoms with van der Waals surface area (Å²) in [6.07, 6.45) is 0.221. The number of hydrogen-bond acceptors (Lipinski definition) is 7. The molecule has 1 N–H and O–H groups in total. The zero-order chi connectivity index (χ0) is 23.6. The van der Waals surface area contributed by atoms with E-state index in [2.05, 4.69) is 6.58 Å². The minimum Gasteiger partial charge on any atom is -0.462 e. The van der Waals surface area contributed by atoms with Crippen LogP contribution >= 0.6 is 0 Å². The summed E-state index contributed by atoms with van der Waals surface area (Å²) in [5, 5.41) is 11.7. The van der Waals surface area contributed by atoms with Crippen molar-refractivity contribution in [2.75, 3.05) is 0 Å². The van der Waals surface area contributed by atoms with E-state index in [0.717, 1.165) is 0 Å². The van der Waals surface area contributed by atoms with Crippen molar-refractivity contribution in [3.63, 3.8) is 0 Å². The van der Waals surface area contributed by atoms with Crippen LogP contribution in [-0.4, -0.2) is 52.3 Å². The Hall–Kier alpha value is -1.73. The minimum atomic E-state index is -1.32. The molecule has 1 heterocycles. The van der Waals surface area contributed by atoms with Gasteiger partial charge >= 0.3 is 11.9 Å². The van der Waals surface area contributed by atoms with Gasteiger partial charge in [-0.1, -0.05) is 26.8 Å². The van der Waals surface area contributed by atoms with Crippen molar-refractivity contribution in [3.8, 4) is 0 Å². The first kappa shape index (κ1) is 23.9. The minimum absolute atomic E-state index is 0.0671. The summed E-state index contributed by atoms with van der Waals surface area (Å²) in [6.45, 7) is 15.9. The molecule has 0 aromatic heterocycles. The summed E-state index contributed by atoms with van der Waals surface area (Å²) in [6, 6.07) is 0. The number of carbonyl (C=O) groups is 3. The van der Waals surface area contributed by atoms with Crippen LogP contribution in [0.4, 0.5) is 0 Å². The molecule has 0 aromatic rings. The molecule has 3 fully saturated rings. The predicted molar refractivity (Wildman–Crippen MR) is 113 cm³/mol. The smallest absolute Gasteiger partial charge is 0.303 e. The molecule has 0 aromatic carbocycles. The second-order valence-electron chi connectivity index (χ2n) is 10.9. The summed E-state index contributed by atoms with van der Waals surface area (Å²) in [4.78, 5) is 37.8. The van der Waals surface area contributed by atoms with Crippen LogP contribution in [0.1, 0.15) is 67.7 Å². The van der Waals surface area contributed by atoms with Gasteiger partial charge in [-0.15, -0.1) is 6.58 Å². The molecule has 1 saturated heterocycles. The van der Waals surface area contributed by atoms with Crippen molar-refractivity contribution in [2.45, 2.75) is 97.2 Å². The average molecular weight is 437 g/mol. The van der Waals surface area contributed by atoms with Crippen molar-refractivity contribution in [3.05, 3.63) is 12.7 Å². The van der Waals surface area contributed by atoms with Gasteiger partial charge in [0.25, 0.3) is 0 Å². The number of aliphatic hydroxyl groups is 1. The third-order valence-electron chi connectivity index (χ3n) is 8.00. The van der Waals surface area contributed by atoms with E-state index in [-0.39, 0.29) is 17.6 Å². The quantitative estimate of drug-likeness (QED) is 0.536. The van der Waals surface area contributed by atoms with Gasteiger partial charge in [0.2, 0.25) is 0 Å². The van der Waals surface area contributed by atoms with Gasteiger partial charge in [-0.3, -0.25) is 14.4 Å². The second-order valence-corrected chi connectivity index (χ2v) is 10.9. The van der Waals surface area contributed by atoms with Gasteiger partial charge < -0.3 is 19.3 Å². The lowest BCUT2D eigenvalue weighted by molar-refractivity contribution is -0.321. The van der Waals surface area contributed by atoms with Gasteiger partial charge in [-0.05, 0) is 32.1 Å². The van der Waals surface area contributed by atoms with E-state index in [9.17, 15) is 19.5 Å². The highest BCUT2D eigenvalue weighted by Gasteiger charge is 2.74. The summed E-state index contributed by atoms with van der Waals surface area (Å²) in [7, 11) is 0. The van der Waals surface area contributed by atoms with Crippen LogP contribution in [0.3, 0.4) is 0 Å². The molecule has 2 aliphatic carbocycles. The molecule has 7 heteroatoms. The van der Waals surface area contributed by atoms with Gasteiger partial charge in [-0.25, -0.2) is 0 Å². The monoisotopic (exact) mass is 436 g/mol. The molecule has 1 aliphatic heterocycles. The van der Waals surface area contributed by atoms with Crippen molar-refractivity contribution >= 4 is 17.7 Å². The number of hydrogen-bond donors (Lipinski definition) is 1. The van der Waals surface area contributed by atoms with Crippen LogP contribution in [-0.2, 0) is 28.6 Å². The maximum atomic E-state index is 13.8. The third kappa shape index (κ3) is 3.54. The summed E-state index contributed by atoms with van der Waals surface area (Å²) in [5.74, 6) is -2.25. The van der Waals surface area contributed by atoms with Gasteiger partial charge in [0, 0.05) is 31.6 Å². The topological polar surface area (TPSA) is 99.1 Å². The Morgan fingerprint density at radius 1 is 1.13 bits per heavy atom. The van der Waals surface area contributed by atoms with Crippen LogP contribution < -0.4 is 0 Å². The Morgan fingerprint density at radius 3 is 2.23 bits per heavy atom. The van der Waals surface area contributed by atoms with Crippen molar-refractivity contribution in [1.82, 2.24) is 0 Å². The molecule has 3 aliphatic rings. The van der Waals surface area contributed by atoms with Crippen molar-refractivity contribution in [2.24, 2.45) is 22.7 Å². The number of esters is 2. The molecule has 0 radical (unpaired) electrons. The molecular weight excluding hydrogens is 400 g/mol. The first-order valence-corrected chi connectivity index (χ1v) is 11.0. The highest BCUT2D eigenvalue weighted by atomic mass is 16.6. The Labute approximate surface area is 184 Å². The first-order valence-electron chi connectivity index (χ1n) is 11.0. The van der Waals surface area contributed by atoms with E-state index < -0.39 is 58.7 Å². The Morgan fingerprint density at radius 2 is 1.71 bits per heavy atom. The van der Waals surface area contributed by atoms with Gasteiger partial charge in [0.05, 0.1) is 17.6 Å². The molecule has 8 atom stereocenters. The largest absolute Gasteiger partial charge is 0.462 e. The third-order valence-corrected chi connectivity index (χ3v) is 8.00. The van der Waals surface area contributed by atoms with E-state index in [1.54, 1.807) is 19.9 Å². The Balaban J connectivity index is 2.26. The fourth-order valence-electron chi connectivity index (χ4n) is 7.14. The zero-order valence-corrected chi connectivity index (χ0v) is 19.7. The van der Waals surface area contributed by atoms with E-state index in [1.165, 1.54) is 13.8 Å². The molecule has 0 bridgehead atoms. The Kier molecular flexibility index (Phi) is 5.72. The average Bonchev–Trinajstić information content (AvgIpc) is 2.59. The molecule has 0 spiro atoms. The number of aliphatic hydroxyl groups excluding tert-OH is 1. The number of ketones is 1. The van der Waals surface area contributed by atoms with Crippen molar-refractivity contribution < 1.29 is 33.7 Å². The SMILES string of the molecule is C=C[C@@]1(C)CC(=O)[C@H]2[C@](C)(O1)[C@@H](OC(C)=O)C(O)[C@H]1C(C)(C)CC[C@H](OC(C)=O)[C@@]12C. The number of fused-ring (bicyclic) bond motifs is 3. The maximum absolute atomic E-state index is 13.8. The molecule has 1 unspecified atom stereocenters. The fraction of sp³-hybridized carbons (Fsp3) is 0.792. The van der Waals surface area contributed by atoms with Crippen LogP contribution in [0.5, 0.6) is 0 Å². The lowest BCUT2D eigenvalue weighted by atomic mass is 9.41. The maximum Gasteiger partial charge on any atom is 0.303 e. The predicted octanol–water partition coefficient (Wildman–Crippen LogP) is 2.98. The van der Waals surface area contributed by atoms with Crippen LogP contribution in [0, 0.1) is 22.7 Å². The summed E-state index contributed by atoms with van der Waals surface area (Å²) < 4.78 is 17.9. The fourth-order valence-corrected chi connectivity index (χ4v) is 7.14. The highest BCUT2D eigenvalue weighted by molar-refractivity contribution is 5.86. The molecule has 31 heavy (non-hydrogen) atoms. The highest BCUT2D eigenvalue weighted by Crippen LogP contribution is 2.65. The molecule has 0 amide bonds. The number of rotatable bonds is 3. The zero-order valence-electron chi connectivity index (χ0n) is 19.7. The normalized spacial score (nSPS) is 46.3. The van der Waals surface area contributed by atoms with E-state index in [0.29, 0.717) is 12.8 Å². The molecule has 174 valence electrons. The number of carbonyl (C=O) groups excluding carboxylic acids is 3. The number of ether oxygens (including phenoxy) is 3. The lowest BCUT2D eigenvalue weighted by Gasteiger charge is -2.68. The molecule has 7 nitrogen and oxygen atoms in total. The van der Waals surface area contributed by atoms with Crippen LogP contribution in [0.2, 0.25) is 0 Å². The van der Waals surface area contributed by atoms with E-state index >= 15 is 0 Å². The molecule has 2 saturated carbocycles. The number of Topliss-reactive ketones (excluding diaryl/α,β-unsaturated/α-hetero) is 1. The van der Waals surface area contributed by atoms with E-state index in [4.69, 9.17) is 14.2 Å². The molecule has 3 rings (SSSR count).